The van der Waals surface area contributed by atoms with E-state index in [2.05, 4.69) is 30.6 Å². The number of carbonyl (C=O) groups is 1. The second kappa shape index (κ2) is 8.07. The molecular formula is C15H19NO2S2. The quantitative estimate of drug-likeness (QED) is 0.647. The van der Waals surface area contributed by atoms with Crippen LogP contribution in [-0.4, -0.2) is 16.8 Å². The van der Waals surface area contributed by atoms with Crippen molar-refractivity contribution in [2.45, 2.75) is 19.8 Å². The van der Waals surface area contributed by atoms with E-state index in [1.54, 1.807) is 0 Å². The standard InChI is InChI=1S/C13H13NO2S2.C2H6/c15-13(16)9-6-14-10(7-17)12(18)11(9)8-4-2-1-3-5-8;1-2/h1-6,11,14,17-18H,7H2,(H,15,16);1-2H3. The first kappa shape index (κ1) is 16.7. The van der Waals surface area contributed by atoms with E-state index in [1.165, 1.54) is 6.20 Å². The third-order valence-corrected chi connectivity index (χ3v) is 3.68. The van der Waals surface area contributed by atoms with E-state index in [0.717, 1.165) is 11.3 Å². The van der Waals surface area contributed by atoms with Crippen LogP contribution in [0.15, 0.2) is 52.7 Å². The summed E-state index contributed by atoms with van der Waals surface area (Å²) in [5.41, 5.74) is 2.04. The van der Waals surface area contributed by atoms with Gasteiger partial charge < -0.3 is 10.4 Å². The fraction of sp³-hybridized carbons (Fsp3) is 0.267. The molecule has 1 aromatic carbocycles. The maximum Gasteiger partial charge on any atom is 0.334 e. The Morgan fingerprint density at radius 3 is 2.40 bits per heavy atom. The summed E-state index contributed by atoms with van der Waals surface area (Å²) in [5.74, 6) is -0.789. The van der Waals surface area contributed by atoms with Gasteiger partial charge >= 0.3 is 5.97 Å². The first-order valence-electron chi connectivity index (χ1n) is 6.43. The molecule has 0 fully saturated rings. The van der Waals surface area contributed by atoms with Crippen LogP contribution in [-0.2, 0) is 4.79 Å². The zero-order valence-corrected chi connectivity index (χ0v) is 13.3. The summed E-state index contributed by atoms with van der Waals surface area (Å²) in [6, 6.07) is 9.48. The van der Waals surface area contributed by atoms with Gasteiger partial charge in [0.2, 0.25) is 0 Å². The van der Waals surface area contributed by atoms with Gasteiger partial charge in [-0.05, 0) is 5.56 Å². The third kappa shape index (κ3) is 3.61. The number of allylic oxidation sites excluding steroid dienone is 1. The molecule has 0 amide bonds. The number of aliphatic carboxylic acids is 1. The zero-order chi connectivity index (χ0) is 15.1. The van der Waals surface area contributed by atoms with E-state index < -0.39 is 5.97 Å². The molecule has 108 valence electrons. The third-order valence-electron chi connectivity index (χ3n) is 2.83. The Balaban J connectivity index is 0.000000956. The summed E-state index contributed by atoms with van der Waals surface area (Å²) < 4.78 is 0. The lowest BCUT2D eigenvalue weighted by atomic mass is 9.88. The van der Waals surface area contributed by atoms with E-state index in [0.29, 0.717) is 10.7 Å². The van der Waals surface area contributed by atoms with Crippen molar-refractivity contribution < 1.29 is 9.90 Å². The van der Waals surface area contributed by atoms with Gasteiger partial charge in [0.1, 0.15) is 0 Å². The number of hydrogen-bond donors (Lipinski definition) is 4. The van der Waals surface area contributed by atoms with E-state index >= 15 is 0 Å². The number of carboxylic acids is 1. The highest BCUT2D eigenvalue weighted by molar-refractivity contribution is 7.84. The Labute approximate surface area is 130 Å². The molecule has 3 nitrogen and oxygen atoms in total. The molecule has 1 heterocycles. The molecule has 0 aromatic heterocycles. The molecule has 2 rings (SSSR count). The normalized spacial score (nSPS) is 17.6. The maximum atomic E-state index is 11.3. The molecule has 1 aliphatic rings. The molecule has 0 saturated heterocycles. The minimum absolute atomic E-state index is 0.289. The van der Waals surface area contributed by atoms with Crippen molar-refractivity contribution in [2.24, 2.45) is 0 Å². The Morgan fingerprint density at radius 2 is 1.90 bits per heavy atom. The molecule has 1 atom stereocenters. The van der Waals surface area contributed by atoms with Crippen molar-refractivity contribution in [1.82, 2.24) is 5.32 Å². The molecular weight excluding hydrogens is 290 g/mol. The highest BCUT2D eigenvalue weighted by Crippen LogP contribution is 2.37. The molecule has 0 spiro atoms. The second-order valence-corrected chi connectivity index (χ2v) is 4.71. The summed E-state index contributed by atoms with van der Waals surface area (Å²) in [7, 11) is 0. The van der Waals surface area contributed by atoms with Crippen LogP contribution in [0, 0.1) is 0 Å². The van der Waals surface area contributed by atoms with Crippen molar-refractivity contribution in [3.63, 3.8) is 0 Å². The van der Waals surface area contributed by atoms with Gasteiger partial charge in [-0.2, -0.15) is 12.6 Å². The van der Waals surface area contributed by atoms with Gasteiger partial charge in [-0.3, -0.25) is 0 Å². The summed E-state index contributed by atoms with van der Waals surface area (Å²) >= 11 is 8.67. The molecule has 1 aliphatic heterocycles. The number of benzene rings is 1. The molecule has 5 heteroatoms. The SMILES string of the molecule is CC.O=C(O)C1=CNC(CS)=C(S)C1c1ccccc1. The van der Waals surface area contributed by atoms with E-state index in [1.807, 2.05) is 44.2 Å². The number of thiol groups is 2. The van der Waals surface area contributed by atoms with Crippen molar-refractivity contribution in [3.05, 3.63) is 58.3 Å². The van der Waals surface area contributed by atoms with Crippen LogP contribution in [0.5, 0.6) is 0 Å². The van der Waals surface area contributed by atoms with Gasteiger partial charge in [0, 0.05) is 22.6 Å². The van der Waals surface area contributed by atoms with Crippen molar-refractivity contribution >= 4 is 31.2 Å². The van der Waals surface area contributed by atoms with Crippen molar-refractivity contribution in [1.29, 1.82) is 0 Å². The molecule has 1 unspecified atom stereocenters. The van der Waals surface area contributed by atoms with Crippen LogP contribution in [0.3, 0.4) is 0 Å². The molecule has 0 radical (unpaired) electrons. The van der Waals surface area contributed by atoms with Gasteiger partial charge in [0.15, 0.2) is 0 Å². The Hall–Kier alpha value is -1.33. The minimum Gasteiger partial charge on any atom is -0.478 e. The second-order valence-electron chi connectivity index (χ2n) is 3.91. The van der Waals surface area contributed by atoms with E-state index in [4.69, 9.17) is 0 Å². The highest BCUT2D eigenvalue weighted by atomic mass is 32.1. The summed E-state index contributed by atoms with van der Waals surface area (Å²) in [5, 5.41) is 12.2. The summed E-state index contributed by atoms with van der Waals surface area (Å²) in [6.45, 7) is 4.00. The number of hydrogen-bond acceptors (Lipinski definition) is 4. The molecule has 1 aromatic rings. The van der Waals surface area contributed by atoms with Crippen LogP contribution in [0.25, 0.3) is 0 Å². The van der Waals surface area contributed by atoms with Gasteiger partial charge in [-0.15, -0.1) is 12.6 Å². The molecule has 2 N–H and O–H groups in total. The average molecular weight is 309 g/mol. The molecule has 20 heavy (non-hydrogen) atoms. The molecule has 0 aliphatic carbocycles. The molecule has 0 bridgehead atoms. The summed E-state index contributed by atoms with van der Waals surface area (Å²) in [6.07, 6.45) is 1.52. The lowest BCUT2D eigenvalue weighted by Crippen LogP contribution is -2.24. The lowest BCUT2D eigenvalue weighted by Gasteiger charge is -2.26. The predicted octanol–water partition coefficient (Wildman–Crippen LogP) is 3.44. The van der Waals surface area contributed by atoms with E-state index in [-0.39, 0.29) is 11.5 Å². The number of carboxylic acid groups (broad SMARTS) is 1. The van der Waals surface area contributed by atoms with Crippen LogP contribution in [0.4, 0.5) is 0 Å². The van der Waals surface area contributed by atoms with Gasteiger partial charge in [-0.1, -0.05) is 44.2 Å². The average Bonchev–Trinajstić information content (AvgIpc) is 2.49. The predicted molar refractivity (Wildman–Crippen MR) is 89.3 cm³/mol. The smallest absolute Gasteiger partial charge is 0.334 e. The number of nitrogens with one attached hydrogen (secondary N) is 1. The van der Waals surface area contributed by atoms with Crippen LogP contribution >= 0.6 is 25.3 Å². The fourth-order valence-electron chi connectivity index (χ4n) is 1.94. The Morgan fingerprint density at radius 1 is 1.30 bits per heavy atom. The zero-order valence-electron chi connectivity index (χ0n) is 11.5. The van der Waals surface area contributed by atoms with Crippen LogP contribution in [0.1, 0.15) is 25.3 Å². The summed E-state index contributed by atoms with van der Waals surface area (Å²) in [4.78, 5) is 12.0. The first-order chi connectivity index (χ1) is 9.65. The lowest BCUT2D eigenvalue weighted by molar-refractivity contribution is -0.132. The number of dihydropyridines is 1. The Bertz CT molecular complexity index is 524. The monoisotopic (exact) mass is 309 g/mol. The van der Waals surface area contributed by atoms with Crippen molar-refractivity contribution in [3.8, 4) is 0 Å². The van der Waals surface area contributed by atoms with Gasteiger partial charge in [-0.25, -0.2) is 4.79 Å². The molecule has 0 saturated carbocycles. The van der Waals surface area contributed by atoms with Crippen LogP contribution < -0.4 is 5.32 Å². The number of rotatable bonds is 3. The Kier molecular flexibility index (Phi) is 6.75. The first-order valence-corrected chi connectivity index (χ1v) is 7.50. The largest absolute Gasteiger partial charge is 0.478 e. The fourth-order valence-corrected chi connectivity index (χ4v) is 2.76. The van der Waals surface area contributed by atoms with Gasteiger partial charge in [0.05, 0.1) is 11.5 Å². The minimum atomic E-state index is -0.943. The van der Waals surface area contributed by atoms with E-state index in [9.17, 15) is 9.90 Å². The van der Waals surface area contributed by atoms with Crippen molar-refractivity contribution in [2.75, 3.05) is 5.75 Å². The highest BCUT2D eigenvalue weighted by Gasteiger charge is 2.29. The maximum absolute atomic E-state index is 11.3. The van der Waals surface area contributed by atoms with Gasteiger partial charge in [0.25, 0.3) is 0 Å². The van der Waals surface area contributed by atoms with Crippen LogP contribution in [0.2, 0.25) is 0 Å². The topological polar surface area (TPSA) is 49.3 Å².